The van der Waals surface area contributed by atoms with Crippen LogP contribution in [0.2, 0.25) is 5.15 Å². The van der Waals surface area contributed by atoms with Crippen molar-refractivity contribution >= 4 is 34.8 Å². The van der Waals surface area contributed by atoms with Crippen LogP contribution in [0.25, 0.3) is 0 Å². The minimum Gasteiger partial charge on any atom is -0.321 e. The van der Waals surface area contributed by atoms with Crippen LogP contribution in [0.4, 0.5) is 59.7 Å². The number of amides is 2. The minimum atomic E-state index is -6.70. The maximum Gasteiger partial charge on any atom is 0.435 e. The van der Waals surface area contributed by atoms with E-state index in [0.717, 1.165) is 23.1 Å². The van der Waals surface area contributed by atoms with Crippen molar-refractivity contribution < 1.29 is 57.9 Å². The zero-order chi connectivity index (χ0) is 32.8. The van der Waals surface area contributed by atoms with Gasteiger partial charge in [0.2, 0.25) is 0 Å². The number of pyridine rings is 1. The van der Waals surface area contributed by atoms with Crippen molar-refractivity contribution in [1.29, 1.82) is 0 Å². The van der Waals surface area contributed by atoms with E-state index in [9.17, 15) is 53.5 Å². The quantitative estimate of drug-likeness (QED) is 0.204. The molecule has 0 radical (unpaired) electrons. The zero-order valence-corrected chi connectivity index (χ0v) is 22.4. The Balaban J connectivity index is 1.73. The number of carbonyl (C=O) groups excluding carboxylic acids is 2. The van der Waals surface area contributed by atoms with Crippen LogP contribution in [0.15, 0.2) is 54.7 Å². The van der Waals surface area contributed by atoms with Crippen molar-refractivity contribution in [3.63, 3.8) is 0 Å². The molecule has 0 saturated heterocycles. The Morgan fingerprint density at radius 3 is 2.09 bits per heavy atom. The van der Waals surface area contributed by atoms with Gasteiger partial charge in [-0.1, -0.05) is 23.7 Å². The molecule has 1 heterocycles. The lowest BCUT2D eigenvalue weighted by Crippen LogP contribution is -2.50. The van der Waals surface area contributed by atoms with Gasteiger partial charge in [-0.15, -0.1) is 0 Å². The number of rotatable bonds is 7. The SMILES string of the molecule is O=C(Nc1ccc(C(F)(C(F)(F)F)C(F)(F)F)cc1C(F)(F)F)c1cccc(N(CC2CC2)C(=O)c2ccnc(Cl)c2)c1F. The van der Waals surface area contributed by atoms with E-state index in [1.54, 1.807) is 5.32 Å². The van der Waals surface area contributed by atoms with Crippen LogP contribution in [0.1, 0.15) is 44.7 Å². The first kappa shape index (κ1) is 33.0. The minimum absolute atomic E-state index is 0.00327. The molecule has 2 aromatic carbocycles. The van der Waals surface area contributed by atoms with Gasteiger partial charge < -0.3 is 10.2 Å². The number of alkyl halides is 10. The molecule has 0 bridgehead atoms. The molecule has 4 rings (SSSR count). The van der Waals surface area contributed by atoms with E-state index < -0.39 is 76.0 Å². The Morgan fingerprint density at radius 2 is 1.55 bits per heavy atom. The Kier molecular flexibility index (Phi) is 8.63. The molecule has 1 fully saturated rings. The summed E-state index contributed by atoms with van der Waals surface area (Å²) < 4.78 is 150. The number of nitrogens with zero attached hydrogens (tertiary/aromatic N) is 2. The standard InChI is InChI=1S/C27H17ClF11N3O2/c28-20-10-14(8-9-40-20)23(44)42(12-13-4-5-13)19-3-1-2-16(21(19)29)22(43)41-18-7-6-15(11-17(18)25(31,32)33)24(30,26(34,35)36)27(37,38)39/h1-3,6-11,13H,4-5,12H2,(H,41,43). The van der Waals surface area contributed by atoms with Gasteiger partial charge in [-0.3, -0.25) is 9.59 Å². The summed E-state index contributed by atoms with van der Waals surface area (Å²) in [4.78, 5) is 30.9. The van der Waals surface area contributed by atoms with Crippen LogP contribution in [0, 0.1) is 11.7 Å². The number of anilines is 2. The van der Waals surface area contributed by atoms with Crippen molar-refractivity contribution in [2.75, 3.05) is 16.8 Å². The fraction of sp³-hybridized carbons (Fsp3) is 0.296. The molecule has 1 N–H and O–H groups in total. The summed E-state index contributed by atoms with van der Waals surface area (Å²) in [5.41, 5.74) is -13.7. The summed E-state index contributed by atoms with van der Waals surface area (Å²) >= 11 is 5.84. The van der Waals surface area contributed by atoms with Crippen molar-refractivity contribution in [1.82, 2.24) is 4.98 Å². The maximum atomic E-state index is 15.7. The topological polar surface area (TPSA) is 62.3 Å². The summed E-state index contributed by atoms with van der Waals surface area (Å²) in [6, 6.07) is 4.53. The number of aromatic nitrogens is 1. The Hall–Kier alpha value is -3.95. The number of halogens is 12. The summed E-state index contributed by atoms with van der Waals surface area (Å²) in [5, 5.41) is 1.55. The molecule has 17 heteroatoms. The molecule has 2 amide bonds. The molecule has 0 aliphatic heterocycles. The first-order valence-corrected chi connectivity index (χ1v) is 12.7. The summed E-state index contributed by atoms with van der Waals surface area (Å²) in [6.07, 6.45) is -16.5. The molecule has 1 aromatic heterocycles. The van der Waals surface area contributed by atoms with E-state index in [1.165, 1.54) is 18.3 Å². The molecule has 3 aromatic rings. The van der Waals surface area contributed by atoms with E-state index in [-0.39, 0.29) is 35.3 Å². The third-order valence-corrected chi connectivity index (χ3v) is 6.83. The van der Waals surface area contributed by atoms with Crippen LogP contribution in [0.5, 0.6) is 0 Å². The van der Waals surface area contributed by atoms with Gasteiger partial charge in [0.1, 0.15) is 5.15 Å². The molecule has 1 aliphatic carbocycles. The third-order valence-electron chi connectivity index (χ3n) is 6.62. The highest BCUT2D eigenvalue weighted by Crippen LogP contribution is 2.54. The second kappa shape index (κ2) is 11.5. The molecular formula is C27H17ClF11N3O2. The second-order valence-corrected chi connectivity index (χ2v) is 10.1. The molecule has 1 aliphatic rings. The molecule has 0 unspecified atom stereocenters. The van der Waals surface area contributed by atoms with E-state index in [1.807, 2.05) is 0 Å². The highest BCUT2D eigenvalue weighted by molar-refractivity contribution is 6.29. The summed E-state index contributed by atoms with van der Waals surface area (Å²) in [7, 11) is 0. The lowest BCUT2D eigenvalue weighted by Gasteiger charge is -2.31. The Morgan fingerprint density at radius 1 is 0.909 bits per heavy atom. The molecule has 236 valence electrons. The van der Waals surface area contributed by atoms with Crippen LogP contribution in [0.3, 0.4) is 0 Å². The number of carbonyl (C=O) groups is 2. The van der Waals surface area contributed by atoms with Gasteiger partial charge >= 0.3 is 24.2 Å². The van der Waals surface area contributed by atoms with Crippen LogP contribution < -0.4 is 10.2 Å². The first-order chi connectivity index (χ1) is 20.3. The average molecular weight is 660 g/mol. The summed E-state index contributed by atoms with van der Waals surface area (Å²) in [6.45, 7) is -0.0101. The van der Waals surface area contributed by atoms with Gasteiger partial charge in [0, 0.05) is 23.9 Å². The number of hydrogen-bond acceptors (Lipinski definition) is 3. The highest BCUT2D eigenvalue weighted by Gasteiger charge is 2.73. The van der Waals surface area contributed by atoms with Crippen LogP contribution >= 0.6 is 11.6 Å². The zero-order valence-electron chi connectivity index (χ0n) is 21.6. The fourth-order valence-corrected chi connectivity index (χ4v) is 4.40. The van der Waals surface area contributed by atoms with Gasteiger partial charge in [0.15, 0.2) is 5.82 Å². The van der Waals surface area contributed by atoms with Gasteiger partial charge in [-0.25, -0.2) is 13.8 Å². The van der Waals surface area contributed by atoms with E-state index in [4.69, 9.17) is 11.6 Å². The lowest BCUT2D eigenvalue weighted by atomic mass is 9.92. The maximum absolute atomic E-state index is 15.7. The predicted octanol–water partition coefficient (Wildman–Crippen LogP) is 8.49. The van der Waals surface area contributed by atoms with Gasteiger partial charge in [0.05, 0.1) is 22.5 Å². The Bertz CT molecular complexity index is 1570. The number of nitrogens with one attached hydrogen (secondary N) is 1. The predicted molar refractivity (Wildman–Crippen MR) is 134 cm³/mol. The molecular weight excluding hydrogens is 643 g/mol. The molecule has 0 spiro atoms. The average Bonchev–Trinajstić information content (AvgIpc) is 3.74. The van der Waals surface area contributed by atoms with E-state index >= 15 is 4.39 Å². The summed E-state index contributed by atoms with van der Waals surface area (Å²) in [5.74, 6) is -3.76. The third kappa shape index (κ3) is 6.44. The van der Waals surface area contributed by atoms with Gasteiger partial charge in [-0.05, 0) is 55.2 Å². The van der Waals surface area contributed by atoms with Crippen molar-refractivity contribution in [2.45, 2.75) is 37.0 Å². The van der Waals surface area contributed by atoms with Gasteiger partial charge in [0.25, 0.3) is 11.8 Å². The normalized spacial score (nSPS) is 14.4. The molecule has 1 saturated carbocycles. The smallest absolute Gasteiger partial charge is 0.321 e. The fourth-order valence-electron chi connectivity index (χ4n) is 4.22. The molecule has 0 atom stereocenters. The van der Waals surface area contributed by atoms with E-state index in [2.05, 4.69) is 4.98 Å². The van der Waals surface area contributed by atoms with E-state index in [0.29, 0.717) is 12.8 Å². The van der Waals surface area contributed by atoms with Gasteiger partial charge in [-0.2, -0.15) is 39.5 Å². The number of benzene rings is 2. The monoisotopic (exact) mass is 659 g/mol. The largest absolute Gasteiger partial charge is 0.435 e. The van der Waals surface area contributed by atoms with Crippen LogP contribution in [-0.2, 0) is 11.8 Å². The van der Waals surface area contributed by atoms with Crippen molar-refractivity contribution in [3.8, 4) is 0 Å². The van der Waals surface area contributed by atoms with Crippen molar-refractivity contribution in [3.05, 3.63) is 88.0 Å². The second-order valence-electron chi connectivity index (χ2n) is 9.73. The molecule has 5 nitrogen and oxygen atoms in total. The van der Waals surface area contributed by atoms with Crippen molar-refractivity contribution in [2.24, 2.45) is 5.92 Å². The van der Waals surface area contributed by atoms with Crippen LogP contribution in [-0.4, -0.2) is 35.7 Å². The highest BCUT2D eigenvalue weighted by atomic mass is 35.5. The Labute approximate surface area is 245 Å². The number of hydrogen-bond donors (Lipinski definition) is 1. The molecule has 44 heavy (non-hydrogen) atoms. The first-order valence-electron chi connectivity index (χ1n) is 12.3. The lowest BCUT2D eigenvalue weighted by molar-refractivity contribution is -0.348.